The minimum atomic E-state index is -0.323. The third-order valence-corrected chi connectivity index (χ3v) is 3.41. The molecule has 1 saturated carbocycles. The Bertz CT molecular complexity index is 445. The monoisotopic (exact) mass is 248 g/mol. The summed E-state index contributed by atoms with van der Waals surface area (Å²) in [5.74, 6) is 1.14. The second-order valence-corrected chi connectivity index (χ2v) is 4.84. The first kappa shape index (κ1) is 12.7. The maximum absolute atomic E-state index is 11.8. The van der Waals surface area contributed by atoms with Crippen molar-refractivity contribution in [2.45, 2.75) is 20.3 Å². The molecule has 1 aromatic carbocycles. The first-order chi connectivity index (χ1) is 8.63. The molecule has 1 aliphatic rings. The van der Waals surface area contributed by atoms with Crippen LogP contribution in [0.4, 0.5) is 11.4 Å². The molecular formula is C14H20N2O2. The Kier molecular flexibility index (Phi) is 3.75. The van der Waals surface area contributed by atoms with Crippen LogP contribution >= 0.6 is 0 Å². The first-order valence-corrected chi connectivity index (χ1v) is 6.43. The number of ether oxygens (including phenoxy) is 1. The molecule has 0 spiro atoms. The summed E-state index contributed by atoms with van der Waals surface area (Å²) < 4.78 is 5.03. The molecule has 4 nitrogen and oxygen atoms in total. The van der Waals surface area contributed by atoms with Gasteiger partial charge in [0.1, 0.15) is 0 Å². The van der Waals surface area contributed by atoms with Crippen LogP contribution < -0.4 is 11.1 Å². The van der Waals surface area contributed by atoms with Gasteiger partial charge in [-0.05, 0) is 37.3 Å². The molecule has 0 radical (unpaired) electrons. The van der Waals surface area contributed by atoms with E-state index in [1.165, 1.54) is 6.42 Å². The van der Waals surface area contributed by atoms with Crippen molar-refractivity contribution in [3.63, 3.8) is 0 Å². The lowest BCUT2D eigenvalue weighted by Gasteiger charge is -2.13. The third-order valence-electron chi connectivity index (χ3n) is 3.41. The molecule has 18 heavy (non-hydrogen) atoms. The lowest BCUT2D eigenvalue weighted by atomic mass is 10.1. The van der Waals surface area contributed by atoms with E-state index in [0.29, 0.717) is 29.5 Å². The summed E-state index contributed by atoms with van der Waals surface area (Å²) in [6.45, 7) is 5.25. The maximum atomic E-state index is 11.8. The number of nitrogen functional groups attached to an aromatic ring is 1. The summed E-state index contributed by atoms with van der Waals surface area (Å²) in [7, 11) is 0. The highest BCUT2D eigenvalue weighted by Gasteiger charge is 2.32. The Morgan fingerprint density at radius 1 is 1.56 bits per heavy atom. The Hall–Kier alpha value is -1.71. The van der Waals surface area contributed by atoms with Gasteiger partial charge in [0.2, 0.25) is 0 Å². The quantitative estimate of drug-likeness (QED) is 0.620. The van der Waals surface area contributed by atoms with Crippen LogP contribution in [-0.4, -0.2) is 19.1 Å². The van der Waals surface area contributed by atoms with Crippen molar-refractivity contribution in [2.75, 3.05) is 24.2 Å². The van der Waals surface area contributed by atoms with Crippen LogP contribution in [0.3, 0.4) is 0 Å². The Labute approximate surface area is 108 Å². The van der Waals surface area contributed by atoms with Crippen molar-refractivity contribution in [3.8, 4) is 0 Å². The average molecular weight is 248 g/mol. The summed E-state index contributed by atoms with van der Waals surface area (Å²) in [4.78, 5) is 11.8. The van der Waals surface area contributed by atoms with Crippen LogP contribution in [0.5, 0.6) is 0 Å². The molecule has 0 amide bonds. The molecule has 1 aliphatic carbocycles. The van der Waals surface area contributed by atoms with Crippen molar-refractivity contribution in [2.24, 2.45) is 11.8 Å². The van der Waals surface area contributed by atoms with Gasteiger partial charge in [-0.2, -0.15) is 0 Å². The number of carbonyl (C=O) groups is 1. The zero-order valence-electron chi connectivity index (χ0n) is 10.9. The molecule has 0 saturated heterocycles. The van der Waals surface area contributed by atoms with Crippen molar-refractivity contribution in [1.29, 1.82) is 0 Å². The Morgan fingerprint density at radius 2 is 2.28 bits per heavy atom. The number of carbonyl (C=O) groups excluding carboxylic acids is 1. The Balaban J connectivity index is 2.12. The van der Waals surface area contributed by atoms with Gasteiger partial charge in [0.15, 0.2) is 0 Å². The summed E-state index contributed by atoms with van der Waals surface area (Å²) in [6, 6.07) is 5.31. The van der Waals surface area contributed by atoms with E-state index in [1.807, 2.05) is 0 Å². The first-order valence-electron chi connectivity index (χ1n) is 6.43. The summed E-state index contributed by atoms with van der Waals surface area (Å²) in [5, 5.41) is 3.29. The molecule has 1 fully saturated rings. The van der Waals surface area contributed by atoms with E-state index in [0.717, 1.165) is 12.5 Å². The number of esters is 1. The van der Waals surface area contributed by atoms with Crippen molar-refractivity contribution < 1.29 is 9.53 Å². The highest BCUT2D eigenvalue weighted by atomic mass is 16.5. The fourth-order valence-electron chi connectivity index (χ4n) is 2.06. The van der Waals surface area contributed by atoms with E-state index in [-0.39, 0.29) is 5.97 Å². The van der Waals surface area contributed by atoms with E-state index in [4.69, 9.17) is 10.5 Å². The second kappa shape index (κ2) is 5.29. The van der Waals surface area contributed by atoms with Crippen LogP contribution in [0.15, 0.2) is 18.2 Å². The van der Waals surface area contributed by atoms with E-state index in [2.05, 4.69) is 12.2 Å². The van der Waals surface area contributed by atoms with Crippen molar-refractivity contribution in [1.82, 2.24) is 0 Å². The minimum absolute atomic E-state index is 0.323. The predicted molar refractivity (Wildman–Crippen MR) is 72.6 cm³/mol. The zero-order chi connectivity index (χ0) is 13.1. The molecule has 1 aromatic rings. The average Bonchev–Trinajstić information content (AvgIpc) is 3.04. The zero-order valence-corrected chi connectivity index (χ0v) is 10.9. The van der Waals surface area contributed by atoms with Crippen LogP contribution in [0.25, 0.3) is 0 Å². The molecule has 0 aromatic heterocycles. The van der Waals surface area contributed by atoms with Crippen LogP contribution in [0.1, 0.15) is 30.6 Å². The van der Waals surface area contributed by atoms with Gasteiger partial charge >= 0.3 is 5.97 Å². The molecule has 0 bridgehead atoms. The number of nitrogens with two attached hydrogens (primary N) is 1. The van der Waals surface area contributed by atoms with E-state index >= 15 is 0 Å². The summed E-state index contributed by atoms with van der Waals surface area (Å²) in [5.41, 5.74) is 7.74. The summed E-state index contributed by atoms with van der Waals surface area (Å²) >= 11 is 0. The standard InChI is InChI=1S/C14H20N2O2/c1-3-18-14(17)11-5-4-6-12(15)13(11)16-8-10-7-9(10)2/h4-6,9-10,16H,3,7-8,15H2,1-2H3. The number of hydrogen-bond acceptors (Lipinski definition) is 4. The SMILES string of the molecule is CCOC(=O)c1cccc(N)c1NCC1CC1C. The third kappa shape index (κ3) is 2.75. The predicted octanol–water partition coefficient (Wildman–Crippen LogP) is 2.51. The van der Waals surface area contributed by atoms with Crippen LogP contribution in [0.2, 0.25) is 0 Å². The van der Waals surface area contributed by atoms with E-state index in [9.17, 15) is 4.79 Å². The molecule has 2 atom stereocenters. The van der Waals surface area contributed by atoms with Crippen LogP contribution in [0, 0.1) is 11.8 Å². The van der Waals surface area contributed by atoms with Gasteiger partial charge in [0, 0.05) is 6.54 Å². The second-order valence-electron chi connectivity index (χ2n) is 4.84. The molecule has 2 unspecified atom stereocenters. The molecule has 4 heteroatoms. The fourth-order valence-corrected chi connectivity index (χ4v) is 2.06. The number of rotatable bonds is 5. The lowest BCUT2D eigenvalue weighted by Crippen LogP contribution is -2.13. The number of anilines is 2. The lowest BCUT2D eigenvalue weighted by molar-refractivity contribution is 0.0527. The van der Waals surface area contributed by atoms with Crippen molar-refractivity contribution in [3.05, 3.63) is 23.8 Å². The van der Waals surface area contributed by atoms with Gasteiger partial charge in [-0.3, -0.25) is 0 Å². The number of nitrogens with one attached hydrogen (secondary N) is 1. The minimum Gasteiger partial charge on any atom is -0.462 e. The van der Waals surface area contributed by atoms with E-state index in [1.54, 1.807) is 25.1 Å². The van der Waals surface area contributed by atoms with Gasteiger partial charge in [0.25, 0.3) is 0 Å². The molecular weight excluding hydrogens is 228 g/mol. The Morgan fingerprint density at radius 3 is 2.89 bits per heavy atom. The highest BCUT2D eigenvalue weighted by Crippen LogP contribution is 2.38. The highest BCUT2D eigenvalue weighted by molar-refractivity contribution is 5.98. The number of hydrogen-bond donors (Lipinski definition) is 2. The normalized spacial score (nSPS) is 21.4. The number of benzene rings is 1. The topological polar surface area (TPSA) is 64.3 Å². The van der Waals surface area contributed by atoms with Gasteiger partial charge in [-0.1, -0.05) is 13.0 Å². The number of para-hydroxylation sites is 1. The largest absolute Gasteiger partial charge is 0.462 e. The molecule has 98 valence electrons. The smallest absolute Gasteiger partial charge is 0.340 e. The maximum Gasteiger partial charge on any atom is 0.340 e. The molecule has 2 rings (SSSR count). The van der Waals surface area contributed by atoms with Gasteiger partial charge in [0.05, 0.1) is 23.5 Å². The molecule has 0 aliphatic heterocycles. The fraction of sp³-hybridized carbons (Fsp3) is 0.500. The van der Waals surface area contributed by atoms with Gasteiger partial charge < -0.3 is 15.8 Å². The molecule has 3 N–H and O–H groups in total. The van der Waals surface area contributed by atoms with Crippen molar-refractivity contribution >= 4 is 17.3 Å². The van der Waals surface area contributed by atoms with Crippen LogP contribution in [-0.2, 0) is 4.74 Å². The summed E-state index contributed by atoms with van der Waals surface area (Å²) in [6.07, 6.45) is 1.24. The van der Waals surface area contributed by atoms with Gasteiger partial charge in [-0.15, -0.1) is 0 Å². The molecule has 0 heterocycles. The van der Waals surface area contributed by atoms with Gasteiger partial charge in [-0.25, -0.2) is 4.79 Å². The van der Waals surface area contributed by atoms with E-state index < -0.39 is 0 Å².